The number of nitrogens with zero attached hydrogens (tertiary/aromatic N) is 1. The fourth-order valence-corrected chi connectivity index (χ4v) is 2.17. The third-order valence-corrected chi connectivity index (χ3v) is 3.98. The molecular weight excluding hydrogens is 282 g/mol. The highest BCUT2D eigenvalue weighted by Crippen LogP contribution is 2.20. The lowest BCUT2D eigenvalue weighted by molar-refractivity contribution is -0.107. The summed E-state index contributed by atoms with van der Waals surface area (Å²) in [4.78, 5) is 12.0. The van der Waals surface area contributed by atoms with Gasteiger partial charge >= 0.3 is 6.03 Å². The average molecular weight is 305 g/mol. The highest BCUT2D eigenvalue weighted by Gasteiger charge is 2.35. The predicted molar refractivity (Wildman–Crippen MR) is 84.2 cm³/mol. The van der Waals surface area contributed by atoms with E-state index in [1.54, 1.807) is 45.0 Å². The standard InChI is InChI=1S/C16H23N3O3/c1-4-16(5-2,14(20)21)19-15(22)18-13-8-6-12(7-9-13)11(3)10-17/h6-9,11,14,20-21H,4-5H2,1-3H3,(H2,18,19,22). The Morgan fingerprint density at radius 1 is 1.27 bits per heavy atom. The molecule has 4 N–H and O–H groups in total. The highest BCUT2D eigenvalue weighted by atomic mass is 16.5. The maximum absolute atomic E-state index is 12.0. The van der Waals surface area contributed by atoms with E-state index in [1.807, 2.05) is 0 Å². The second-order valence-electron chi connectivity index (χ2n) is 5.29. The molecule has 0 aliphatic rings. The Morgan fingerprint density at radius 3 is 2.23 bits per heavy atom. The number of aliphatic hydroxyl groups is 2. The number of aliphatic hydroxyl groups excluding tert-OH is 1. The minimum atomic E-state index is -1.63. The Morgan fingerprint density at radius 2 is 1.82 bits per heavy atom. The monoisotopic (exact) mass is 305 g/mol. The number of hydrogen-bond acceptors (Lipinski definition) is 4. The molecule has 1 aromatic carbocycles. The van der Waals surface area contributed by atoms with Gasteiger partial charge in [-0.15, -0.1) is 0 Å². The minimum absolute atomic E-state index is 0.208. The van der Waals surface area contributed by atoms with Crippen molar-refractivity contribution in [3.63, 3.8) is 0 Å². The van der Waals surface area contributed by atoms with Crippen molar-refractivity contribution in [2.24, 2.45) is 0 Å². The van der Waals surface area contributed by atoms with Gasteiger partial charge in [-0.1, -0.05) is 26.0 Å². The van der Waals surface area contributed by atoms with Crippen molar-refractivity contribution in [1.29, 1.82) is 5.26 Å². The molecule has 0 aliphatic heterocycles. The molecule has 2 amide bonds. The fraction of sp³-hybridized carbons (Fsp3) is 0.500. The molecule has 120 valence electrons. The van der Waals surface area contributed by atoms with E-state index in [0.29, 0.717) is 18.5 Å². The number of anilines is 1. The van der Waals surface area contributed by atoms with Crippen LogP contribution in [0.1, 0.15) is 45.1 Å². The van der Waals surface area contributed by atoms with Gasteiger partial charge in [-0.25, -0.2) is 4.79 Å². The third-order valence-electron chi connectivity index (χ3n) is 3.98. The van der Waals surface area contributed by atoms with Crippen LogP contribution in [-0.2, 0) is 0 Å². The first-order valence-electron chi connectivity index (χ1n) is 7.33. The van der Waals surface area contributed by atoms with Crippen molar-refractivity contribution in [1.82, 2.24) is 5.32 Å². The van der Waals surface area contributed by atoms with Gasteiger partial charge in [0.05, 0.1) is 17.5 Å². The first kappa shape index (κ1) is 18.0. The largest absolute Gasteiger partial charge is 0.366 e. The number of benzene rings is 1. The molecule has 22 heavy (non-hydrogen) atoms. The number of hydrogen-bond donors (Lipinski definition) is 4. The van der Waals surface area contributed by atoms with Gasteiger partial charge in [0.15, 0.2) is 6.29 Å². The smallest absolute Gasteiger partial charge is 0.319 e. The zero-order valence-electron chi connectivity index (χ0n) is 13.1. The molecule has 1 unspecified atom stereocenters. The summed E-state index contributed by atoms with van der Waals surface area (Å²) in [5, 5.41) is 33.1. The van der Waals surface area contributed by atoms with Crippen LogP contribution in [0.2, 0.25) is 0 Å². The number of nitrogens with one attached hydrogen (secondary N) is 2. The maximum atomic E-state index is 12.0. The lowest BCUT2D eigenvalue weighted by Crippen LogP contribution is -2.57. The van der Waals surface area contributed by atoms with Gasteiger partial charge in [-0.3, -0.25) is 0 Å². The molecule has 1 atom stereocenters. The van der Waals surface area contributed by atoms with E-state index in [4.69, 9.17) is 5.26 Å². The van der Waals surface area contributed by atoms with Crippen LogP contribution in [0.4, 0.5) is 10.5 Å². The van der Waals surface area contributed by atoms with Crippen LogP contribution in [0.3, 0.4) is 0 Å². The number of nitriles is 1. The topological polar surface area (TPSA) is 105 Å². The molecule has 0 bridgehead atoms. The van der Waals surface area contributed by atoms with Crippen LogP contribution >= 0.6 is 0 Å². The molecule has 0 spiro atoms. The van der Waals surface area contributed by atoms with Crippen molar-refractivity contribution in [3.8, 4) is 6.07 Å². The number of carbonyl (C=O) groups is 1. The third kappa shape index (κ3) is 4.20. The first-order valence-corrected chi connectivity index (χ1v) is 7.33. The van der Waals surface area contributed by atoms with Gasteiger partial charge in [0.1, 0.15) is 0 Å². The molecule has 0 aromatic heterocycles. The molecule has 1 rings (SSSR count). The summed E-state index contributed by atoms with van der Waals surface area (Å²) in [7, 11) is 0. The summed E-state index contributed by atoms with van der Waals surface area (Å²) < 4.78 is 0. The maximum Gasteiger partial charge on any atom is 0.319 e. The minimum Gasteiger partial charge on any atom is -0.366 e. The Balaban J connectivity index is 2.75. The van der Waals surface area contributed by atoms with Crippen LogP contribution < -0.4 is 10.6 Å². The highest BCUT2D eigenvalue weighted by molar-refractivity contribution is 5.89. The Hall–Kier alpha value is -2.10. The van der Waals surface area contributed by atoms with E-state index >= 15 is 0 Å². The molecule has 0 heterocycles. The van der Waals surface area contributed by atoms with Gasteiger partial charge in [0.25, 0.3) is 0 Å². The van der Waals surface area contributed by atoms with Crippen LogP contribution in [0.25, 0.3) is 0 Å². The van der Waals surface area contributed by atoms with Crippen molar-refractivity contribution in [2.45, 2.75) is 51.4 Å². The van der Waals surface area contributed by atoms with Crippen molar-refractivity contribution >= 4 is 11.7 Å². The summed E-state index contributed by atoms with van der Waals surface area (Å²) in [6.45, 7) is 5.36. The molecule has 0 saturated carbocycles. The van der Waals surface area contributed by atoms with Gasteiger partial charge in [-0.05, 0) is 37.5 Å². The van der Waals surface area contributed by atoms with E-state index in [2.05, 4.69) is 16.7 Å². The summed E-state index contributed by atoms with van der Waals surface area (Å²) in [6, 6.07) is 8.61. The SMILES string of the molecule is CCC(CC)(NC(=O)Nc1ccc(C(C)C#N)cc1)C(O)O. The molecule has 0 radical (unpaired) electrons. The van der Waals surface area contributed by atoms with Crippen molar-refractivity contribution in [3.05, 3.63) is 29.8 Å². The fourth-order valence-electron chi connectivity index (χ4n) is 2.17. The predicted octanol–water partition coefficient (Wildman–Crippen LogP) is 2.30. The van der Waals surface area contributed by atoms with Gasteiger partial charge < -0.3 is 20.8 Å². The van der Waals surface area contributed by atoms with Gasteiger partial charge in [-0.2, -0.15) is 5.26 Å². The quantitative estimate of drug-likeness (QED) is 0.605. The van der Waals surface area contributed by atoms with Crippen LogP contribution in [-0.4, -0.2) is 28.1 Å². The van der Waals surface area contributed by atoms with Crippen LogP contribution in [0, 0.1) is 11.3 Å². The molecule has 0 saturated heterocycles. The van der Waals surface area contributed by atoms with Crippen molar-refractivity contribution < 1.29 is 15.0 Å². The Kier molecular flexibility index (Phi) is 6.35. The van der Waals surface area contributed by atoms with E-state index < -0.39 is 17.9 Å². The van der Waals surface area contributed by atoms with Crippen molar-refractivity contribution in [2.75, 3.05) is 5.32 Å². The van der Waals surface area contributed by atoms with Gasteiger partial charge in [0, 0.05) is 5.69 Å². The van der Waals surface area contributed by atoms with E-state index in [9.17, 15) is 15.0 Å². The molecule has 6 nitrogen and oxygen atoms in total. The first-order chi connectivity index (χ1) is 10.4. The summed E-state index contributed by atoms with van der Waals surface area (Å²) >= 11 is 0. The number of carbonyl (C=O) groups excluding carboxylic acids is 1. The normalized spacial score (nSPS) is 12.6. The zero-order chi connectivity index (χ0) is 16.8. The Labute approximate surface area is 130 Å². The summed E-state index contributed by atoms with van der Waals surface area (Å²) in [5.41, 5.74) is 0.370. The Bertz CT molecular complexity index is 531. The number of amides is 2. The number of urea groups is 1. The zero-order valence-corrected chi connectivity index (χ0v) is 13.1. The van der Waals surface area contributed by atoms with E-state index in [1.165, 1.54) is 0 Å². The van der Waals surface area contributed by atoms with Crippen LogP contribution in [0.5, 0.6) is 0 Å². The summed E-state index contributed by atoms with van der Waals surface area (Å²) in [6.07, 6.45) is -0.840. The second kappa shape index (κ2) is 7.78. The van der Waals surface area contributed by atoms with Crippen LogP contribution in [0.15, 0.2) is 24.3 Å². The number of rotatable bonds is 6. The van der Waals surface area contributed by atoms with E-state index in [0.717, 1.165) is 5.56 Å². The average Bonchev–Trinajstić information content (AvgIpc) is 2.52. The summed E-state index contributed by atoms with van der Waals surface area (Å²) in [5.74, 6) is -0.208. The molecule has 0 aliphatic carbocycles. The molecular formula is C16H23N3O3. The molecule has 0 fully saturated rings. The molecule has 1 aromatic rings. The second-order valence-corrected chi connectivity index (χ2v) is 5.29. The van der Waals surface area contributed by atoms with Gasteiger partial charge in [0.2, 0.25) is 0 Å². The lowest BCUT2D eigenvalue weighted by atomic mass is 9.92. The lowest BCUT2D eigenvalue weighted by Gasteiger charge is -2.34. The molecule has 6 heteroatoms. The van der Waals surface area contributed by atoms with E-state index in [-0.39, 0.29) is 5.92 Å².